The Labute approximate surface area is 163 Å². The van der Waals surface area contributed by atoms with Gasteiger partial charge in [0, 0.05) is 37.6 Å². The molecule has 0 aliphatic carbocycles. The van der Waals surface area contributed by atoms with E-state index in [9.17, 15) is 9.59 Å². The summed E-state index contributed by atoms with van der Waals surface area (Å²) in [5.41, 5.74) is 0.492. The lowest BCUT2D eigenvalue weighted by Crippen LogP contribution is -2.54. The highest BCUT2D eigenvalue weighted by Crippen LogP contribution is 2.29. The van der Waals surface area contributed by atoms with Crippen LogP contribution in [0.5, 0.6) is 0 Å². The molecule has 2 N–H and O–H groups in total. The number of anilines is 1. The Morgan fingerprint density at radius 3 is 2.93 bits per heavy atom. The number of hydrogen-bond donors (Lipinski definition) is 2. The van der Waals surface area contributed by atoms with Gasteiger partial charge in [-0.15, -0.1) is 0 Å². The molecule has 0 spiro atoms. The summed E-state index contributed by atoms with van der Waals surface area (Å²) < 4.78 is 5.85. The van der Waals surface area contributed by atoms with Gasteiger partial charge in [0.1, 0.15) is 11.1 Å². The number of amides is 2. The lowest BCUT2D eigenvalue weighted by atomic mass is 9.94. The second kappa shape index (κ2) is 7.76. The monoisotopic (exact) mass is 392 g/mol. The summed E-state index contributed by atoms with van der Waals surface area (Å²) in [5.74, 6) is -0.163. The summed E-state index contributed by atoms with van der Waals surface area (Å²) in [7, 11) is 1.56. The van der Waals surface area contributed by atoms with Crippen LogP contribution >= 0.6 is 11.6 Å². The maximum Gasteiger partial charge on any atom is 0.298 e. The average molecular weight is 393 g/mol. The predicted octanol–water partition coefficient (Wildman–Crippen LogP) is 2.73. The highest BCUT2D eigenvalue weighted by atomic mass is 35.5. The summed E-state index contributed by atoms with van der Waals surface area (Å²) in [6.07, 6.45) is 2.27. The Hall–Kier alpha value is -2.28. The van der Waals surface area contributed by atoms with Crippen molar-refractivity contribution in [3.05, 3.63) is 23.2 Å². The molecule has 2 aromatic rings. The highest BCUT2D eigenvalue weighted by Gasteiger charge is 2.31. The van der Waals surface area contributed by atoms with Gasteiger partial charge in [0.2, 0.25) is 11.8 Å². The van der Waals surface area contributed by atoms with E-state index >= 15 is 0 Å². The molecule has 27 heavy (non-hydrogen) atoms. The van der Waals surface area contributed by atoms with Crippen molar-refractivity contribution in [3.63, 3.8) is 0 Å². The van der Waals surface area contributed by atoms with Gasteiger partial charge in [-0.25, -0.2) is 0 Å². The first-order valence-corrected chi connectivity index (χ1v) is 9.50. The molecular weight excluding hydrogens is 368 g/mol. The van der Waals surface area contributed by atoms with E-state index in [0.717, 1.165) is 24.9 Å². The van der Waals surface area contributed by atoms with E-state index in [-0.39, 0.29) is 17.7 Å². The molecule has 7 nitrogen and oxygen atoms in total. The van der Waals surface area contributed by atoms with Crippen LogP contribution in [0.1, 0.15) is 33.1 Å². The van der Waals surface area contributed by atoms with Crippen molar-refractivity contribution in [2.24, 2.45) is 5.92 Å². The van der Waals surface area contributed by atoms with Crippen molar-refractivity contribution < 1.29 is 14.0 Å². The molecule has 3 rings (SSSR count). The van der Waals surface area contributed by atoms with Crippen molar-refractivity contribution in [2.45, 2.75) is 38.6 Å². The number of oxazole rings is 1. The minimum atomic E-state index is -0.931. The molecule has 1 aromatic carbocycles. The van der Waals surface area contributed by atoms with E-state index in [1.54, 1.807) is 33.0 Å². The van der Waals surface area contributed by atoms with Crippen molar-refractivity contribution in [1.82, 2.24) is 15.6 Å². The normalized spacial score (nSPS) is 17.8. The molecule has 2 amide bonds. The molecule has 1 atom stereocenters. The molecule has 1 fully saturated rings. The third-order valence-corrected chi connectivity index (χ3v) is 5.08. The number of nitrogens with zero attached hydrogens (tertiary/aromatic N) is 2. The van der Waals surface area contributed by atoms with E-state index in [1.807, 2.05) is 6.07 Å². The largest absolute Gasteiger partial charge is 0.423 e. The number of carbonyl (C=O) groups excluding carboxylic acids is 2. The van der Waals surface area contributed by atoms with E-state index in [0.29, 0.717) is 29.6 Å². The van der Waals surface area contributed by atoms with Crippen LogP contribution in [0.2, 0.25) is 5.02 Å². The molecule has 0 saturated carbocycles. The number of halogens is 1. The van der Waals surface area contributed by atoms with Gasteiger partial charge < -0.3 is 20.0 Å². The number of benzene rings is 1. The summed E-state index contributed by atoms with van der Waals surface area (Å²) in [5, 5.41) is 5.99. The summed E-state index contributed by atoms with van der Waals surface area (Å²) >= 11 is 6.01. The molecule has 8 heteroatoms. The number of hydrogen-bond acceptors (Lipinski definition) is 5. The van der Waals surface area contributed by atoms with E-state index in [2.05, 4.69) is 20.5 Å². The maximum absolute atomic E-state index is 12.4. The zero-order valence-corrected chi connectivity index (χ0v) is 16.6. The maximum atomic E-state index is 12.4. The molecule has 1 aromatic heterocycles. The Morgan fingerprint density at radius 2 is 2.19 bits per heavy atom. The summed E-state index contributed by atoms with van der Waals surface area (Å²) in [4.78, 5) is 30.8. The molecule has 1 saturated heterocycles. The smallest absolute Gasteiger partial charge is 0.298 e. The number of carbonyl (C=O) groups is 2. The number of nitrogens with one attached hydrogen (secondary N) is 2. The number of fused-ring (bicyclic) bond motifs is 1. The SMILES string of the molecule is CNC(=O)C(C)(C)NC(=O)CC1CCCN(c2nc3ccc(Cl)cc3o2)C1. The average Bonchev–Trinajstić information content (AvgIpc) is 3.03. The summed E-state index contributed by atoms with van der Waals surface area (Å²) in [6.45, 7) is 4.91. The minimum absolute atomic E-state index is 0.125. The molecule has 0 bridgehead atoms. The van der Waals surface area contributed by atoms with Crippen LogP contribution in [0.4, 0.5) is 6.01 Å². The molecule has 2 heterocycles. The summed E-state index contributed by atoms with van der Waals surface area (Å²) in [6, 6.07) is 5.93. The Kier molecular flexibility index (Phi) is 5.60. The number of rotatable bonds is 5. The van der Waals surface area contributed by atoms with Gasteiger partial charge in [0.05, 0.1) is 0 Å². The fourth-order valence-corrected chi connectivity index (χ4v) is 3.62. The molecule has 0 radical (unpaired) electrons. The van der Waals surface area contributed by atoms with Crippen LogP contribution in [-0.2, 0) is 9.59 Å². The molecule has 146 valence electrons. The first-order chi connectivity index (χ1) is 12.8. The highest BCUT2D eigenvalue weighted by molar-refractivity contribution is 6.31. The fraction of sp³-hybridized carbons (Fsp3) is 0.526. The lowest BCUT2D eigenvalue weighted by Gasteiger charge is -2.32. The van der Waals surface area contributed by atoms with Crippen molar-refractivity contribution >= 4 is 40.5 Å². The van der Waals surface area contributed by atoms with Gasteiger partial charge in [-0.3, -0.25) is 9.59 Å². The first-order valence-electron chi connectivity index (χ1n) is 9.13. The number of piperidine rings is 1. The molecule has 1 aliphatic heterocycles. The fourth-order valence-electron chi connectivity index (χ4n) is 3.46. The van der Waals surface area contributed by atoms with E-state index in [1.165, 1.54) is 0 Å². The van der Waals surface area contributed by atoms with Gasteiger partial charge in [0.15, 0.2) is 5.58 Å². The zero-order valence-electron chi connectivity index (χ0n) is 15.8. The van der Waals surface area contributed by atoms with Crippen LogP contribution in [0, 0.1) is 5.92 Å². The topological polar surface area (TPSA) is 87.5 Å². The molecular formula is C19H25ClN4O3. The van der Waals surface area contributed by atoms with Crippen LogP contribution in [0.25, 0.3) is 11.1 Å². The number of aromatic nitrogens is 1. The standard InChI is InChI=1S/C19H25ClN4O3/c1-19(2,17(26)21-3)23-16(25)9-12-5-4-8-24(11-12)18-22-14-7-6-13(20)10-15(14)27-18/h6-7,10,12H,4-5,8-9,11H2,1-3H3,(H,21,26)(H,23,25). The second-order valence-electron chi connectivity index (χ2n) is 7.52. The number of likely N-dealkylation sites (N-methyl/N-ethyl adjacent to an activating group) is 1. The molecule has 1 aliphatic rings. The van der Waals surface area contributed by atoms with Crippen molar-refractivity contribution in [3.8, 4) is 0 Å². The third-order valence-electron chi connectivity index (χ3n) is 4.85. The van der Waals surface area contributed by atoms with Crippen LogP contribution in [0.3, 0.4) is 0 Å². The third kappa shape index (κ3) is 4.53. The minimum Gasteiger partial charge on any atom is -0.423 e. The zero-order chi connectivity index (χ0) is 19.6. The predicted molar refractivity (Wildman–Crippen MR) is 105 cm³/mol. The quantitative estimate of drug-likeness (QED) is 0.816. The van der Waals surface area contributed by atoms with Crippen LogP contribution in [-0.4, -0.2) is 42.5 Å². The second-order valence-corrected chi connectivity index (χ2v) is 7.96. The Bertz CT molecular complexity index is 849. The van der Waals surface area contributed by atoms with Crippen LogP contribution < -0.4 is 15.5 Å². The van der Waals surface area contributed by atoms with Crippen molar-refractivity contribution in [2.75, 3.05) is 25.0 Å². The van der Waals surface area contributed by atoms with Gasteiger partial charge >= 0.3 is 0 Å². The first kappa shape index (κ1) is 19.5. The Balaban J connectivity index is 1.63. The van der Waals surface area contributed by atoms with Crippen molar-refractivity contribution in [1.29, 1.82) is 0 Å². The molecule has 1 unspecified atom stereocenters. The van der Waals surface area contributed by atoms with Gasteiger partial charge in [-0.2, -0.15) is 4.98 Å². The lowest BCUT2D eigenvalue weighted by molar-refractivity contribution is -0.132. The van der Waals surface area contributed by atoms with Crippen LogP contribution in [0.15, 0.2) is 22.6 Å². The van der Waals surface area contributed by atoms with E-state index < -0.39 is 5.54 Å². The van der Waals surface area contributed by atoms with Gasteiger partial charge in [-0.05, 0) is 44.7 Å². The Morgan fingerprint density at radius 1 is 1.41 bits per heavy atom. The van der Waals surface area contributed by atoms with Gasteiger partial charge in [0.25, 0.3) is 6.01 Å². The van der Waals surface area contributed by atoms with Gasteiger partial charge in [-0.1, -0.05) is 11.6 Å². The van der Waals surface area contributed by atoms with E-state index in [4.69, 9.17) is 16.0 Å².